The molecule has 2 rings (SSSR count). The van der Waals surface area contributed by atoms with E-state index in [2.05, 4.69) is 31.4 Å². The SMILES string of the molecule is CCn1ncc(NC(=O)Cn2cc(Br)c(C)n2)c1C(=O)N(C)C. The molecule has 0 fully saturated rings. The molecule has 0 aliphatic carbocycles. The van der Waals surface area contributed by atoms with Crippen molar-refractivity contribution in [2.75, 3.05) is 19.4 Å². The number of carbonyl (C=O) groups is 2. The summed E-state index contributed by atoms with van der Waals surface area (Å²) >= 11 is 3.35. The Labute approximate surface area is 142 Å². The highest BCUT2D eigenvalue weighted by Crippen LogP contribution is 2.17. The van der Waals surface area contributed by atoms with Gasteiger partial charge in [0.1, 0.15) is 12.2 Å². The summed E-state index contributed by atoms with van der Waals surface area (Å²) in [6.45, 7) is 4.32. The standard InChI is InChI=1S/C14H19BrN6O2/c1-5-21-13(14(23)19(3)4)11(6-16-21)17-12(22)8-20-7-10(15)9(2)18-20/h6-7H,5,8H2,1-4H3,(H,17,22). The van der Waals surface area contributed by atoms with Crippen LogP contribution in [-0.4, -0.2) is 50.4 Å². The molecule has 0 saturated heterocycles. The number of nitrogens with one attached hydrogen (secondary N) is 1. The van der Waals surface area contributed by atoms with Crippen LogP contribution in [0.3, 0.4) is 0 Å². The summed E-state index contributed by atoms with van der Waals surface area (Å²) < 4.78 is 3.94. The molecule has 0 aliphatic heterocycles. The molecule has 0 aliphatic rings. The van der Waals surface area contributed by atoms with Crippen LogP contribution in [0.1, 0.15) is 23.1 Å². The number of anilines is 1. The Balaban J connectivity index is 2.17. The fraction of sp³-hybridized carbons (Fsp3) is 0.429. The Bertz CT molecular complexity index is 714. The largest absolute Gasteiger partial charge is 0.343 e. The van der Waals surface area contributed by atoms with Gasteiger partial charge in [0.25, 0.3) is 5.91 Å². The van der Waals surface area contributed by atoms with Gasteiger partial charge >= 0.3 is 0 Å². The molecule has 2 heterocycles. The van der Waals surface area contributed by atoms with Gasteiger partial charge in [0, 0.05) is 26.8 Å². The molecule has 0 radical (unpaired) electrons. The zero-order valence-corrected chi connectivity index (χ0v) is 15.1. The van der Waals surface area contributed by atoms with Crippen LogP contribution in [0.25, 0.3) is 0 Å². The lowest BCUT2D eigenvalue weighted by molar-refractivity contribution is -0.116. The quantitative estimate of drug-likeness (QED) is 0.848. The Morgan fingerprint density at radius 3 is 2.61 bits per heavy atom. The second-order valence-corrected chi connectivity index (χ2v) is 6.08. The normalized spacial score (nSPS) is 10.7. The molecule has 2 aromatic heterocycles. The molecule has 124 valence electrons. The predicted octanol–water partition coefficient (Wildman–Crippen LogP) is 1.51. The fourth-order valence-corrected chi connectivity index (χ4v) is 2.38. The summed E-state index contributed by atoms with van der Waals surface area (Å²) in [5.41, 5.74) is 1.57. The van der Waals surface area contributed by atoms with Crippen molar-refractivity contribution in [1.82, 2.24) is 24.5 Å². The second kappa shape index (κ2) is 6.95. The number of hydrogen-bond donors (Lipinski definition) is 1. The number of carbonyl (C=O) groups excluding carboxylic acids is 2. The van der Waals surface area contributed by atoms with Crippen molar-refractivity contribution in [3.8, 4) is 0 Å². The molecule has 2 amide bonds. The van der Waals surface area contributed by atoms with Crippen molar-refractivity contribution in [3.05, 3.63) is 28.3 Å². The zero-order chi connectivity index (χ0) is 17.1. The highest BCUT2D eigenvalue weighted by atomic mass is 79.9. The van der Waals surface area contributed by atoms with Crippen LogP contribution in [0.15, 0.2) is 16.9 Å². The van der Waals surface area contributed by atoms with E-state index < -0.39 is 0 Å². The minimum Gasteiger partial charge on any atom is -0.343 e. The fourth-order valence-electron chi connectivity index (χ4n) is 2.07. The monoisotopic (exact) mass is 382 g/mol. The van der Waals surface area contributed by atoms with Gasteiger partial charge in [0.05, 0.1) is 22.1 Å². The van der Waals surface area contributed by atoms with E-state index in [1.165, 1.54) is 15.8 Å². The number of nitrogens with zero attached hydrogens (tertiary/aromatic N) is 5. The first kappa shape index (κ1) is 17.2. The molecule has 0 spiro atoms. The van der Waals surface area contributed by atoms with Gasteiger partial charge in [-0.1, -0.05) is 0 Å². The lowest BCUT2D eigenvalue weighted by Crippen LogP contribution is -2.27. The average molecular weight is 383 g/mol. The maximum Gasteiger partial charge on any atom is 0.273 e. The van der Waals surface area contributed by atoms with E-state index >= 15 is 0 Å². The third kappa shape index (κ3) is 3.79. The predicted molar refractivity (Wildman–Crippen MR) is 89.2 cm³/mol. The first-order valence-corrected chi connectivity index (χ1v) is 7.89. The van der Waals surface area contributed by atoms with Crippen LogP contribution >= 0.6 is 15.9 Å². The molecular formula is C14H19BrN6O2. The molecule has 8 nitrogen and oxygen atoms in total. The molecule has 0 unspecified atom stereocenters. The first-order valence-electron chi connectivity index (χ1n) is 7.10. The van der Waals surface area contributed by atoms with Gasteiger partial charge in [-0.05, 0) is 29.8 Å². The Morgan fingerprint density at radius 1 is 1.39 bits per heavy atom. The number of aromatic nitrogens is 4. The zero-order valence-electron chi connectivity index (χ0n) is 13.5. The van der Waals surface area contributed by atoms with Crippen molar-refractivity contribution in [3.63, 3.8) is 0 Å². The van der Waals surface area contributed by atoms with Crippen molar-refractivity contribution in [2.24, 2.45) is 0 Å². The van der Waals surface area contributed by atoms with E-state index in [4.69, 9.17) is 0 Å². The molecule has 2 aromatic rings. The summed E-state index contributed by atoms with van der Waals surface area (Å²) in [5, 5.41) is 11.1. The van der Waals surface area contributed by atoms with Crippen molar-refractivity contribution >= 4 is 33.4 Å². The summed E-state index contributed by atoms with van der Waals surface area (Å²) in [7, 11) is 3.32. The molecule has 0 aromatic carbocycles. The highest BCUT2D eigenvalue weighted by molar-refractivity contribution is 9.10. The second-order valence-electron chi connectivity index (χ2n) is 5.23. The Kier molecular flexibility index (Phi) is 5.19. The minimum absolute atomic E-state index is 0.0549. The van der Waals surface area contributed by atoms with Crippen molar-refractivity contribution in [2.45, 2.75) is 26.9 Å². The number of aryl methyl sites for hydroxylation is 2. The van der Waals surface area contributed by atoms with Gasteiger partial charge in [-0.15, -0.1) is 0 Å². The summed E-state index contributed by atoms with van der Waals surface area (Å²) in [6, 6.07) is 0. The van der Waals surface area contributed by atoms with Crippen LogP contribution in [0.4, 0.5) is 5.69 Å². The van der Waals surface area contributed by atoms with Crippen LogP contribution < -0.4 is 5.32 Å². The van der Waals surface area contributed by atoms with Crippen LogP contribution in [-0.2, 0) is 17.9 Å². The molecule has 0 atom stereocenters. The van der Waals surface area contributed by atoms with Crippen molar-refractivity contribution < 1.29 is 9.59 Å². The van der Waals surface area contributed by atoms with E-state index in [1.807, 2.05) is 13.8 Å². The molecule has 1 N–H and O–H groups in total. The average Bonchev–Trinajstić information content (AvgIpc) is 3.01. The van der Waals surface area contributed by atoms with Crippen LogP contribution in [0.5, 0.6) is 0 Å². The first-order chi connectivity index (χ1) is 10.8. The van der Waals surface area contributed by atoms with Crippen LogP contribution in [0.2, 0.25) is 0 Å². The number of hydrogen-bond acceptors (Lipinski definition) is 4. The maximum absolute atomic E-state index is 12.3. The van der Waals surface area contributed by atoms with Gasteiger partial charge < -0.3 is 10.2 Å². The number of amides is 2. The van der Waals surface area contributed by atoms with E-state index in [0.717, 1.165) is 10.2 Å². The minimum atomic E-state index is -0.275. The molecule has 0 bridgehead atoms. The third-order valence-electron chi connectivity index (χ3n) is 3.21. The molecule has 23 heavy (non-hydrogen) atoms. The molecule has 9 heteroatoms. The van der Waals surface area contributed by atoms with E-state index in [-0.39, 0.29) is 18.4 Å². The summed E-state index contributed by atoms with van der Waals surface area (Å²) in [5.74, 6) is -0.485. The lowest BCUT2D eigenvalue weighted by atomic mass is 10.3. The lowest BCUT2D eigenvalue weighted by Gasteiger charge is -2.13. The summed E-state index contributed by atoms with van der Waals surface area (Å²) in [4.78, 5) is 25.9. The van der Waals surface area contributed by atoms with E-state index in [1.54, 1.807) is 25.0 Å². The summed E-state index contributed by atoms with van der Waals surface area (Å²) in [6.07, 6.45) is 3.22. The topological polar surface area (TPSA) is 85.0 Å². The molecular weight excluding hydrogens is 364 g/mol. The van der Waals surface area contributed by atoms with Gasteiger partial charge in [0.15, 0.2) is 0 Å². The van der Waals surface area contributed by atoms with Gasteiger partial charge in [-0.3, -0.25) is 19.0 Å². The van der Waals surface area contributed by atoms with Gasteiger partial charge in [0.2, 0.25) is 5.91 Å². The third-order valence-corrected chi connectivity index (χ3v) is 3.99. The smallest absolute Gasteiger partial charge is 0.273 e. The van der Waals surface area contributed by atoms with Gasteiger partial charge in [-0.2, -0.15) is 10.2 Å². The highest BCUT2D eigenvalue weighted by Gasteiger charge is 2.21. The van der Waals surface area contributed by atoms with Crippen molar-refractivity contribution in [1.29, 1.82) is 0 Å². The Hall–Kier alpha value is -2.16. The Morgan fingerprint density at radius 2 is 2.09 bits per heavy atom. The number of halogens is 1. The maximum atomic E-state index is 12.3. The molecule has 0 saturated carbocycles. The van der Waals surface area contributed by atoms with Gasteiger partial charge in [-0.25, -0.2) is 0 Å². The van der Waals surface area contributed by atoms with E-state index in [0.29, 0.717) is 17.9 Å². The van der Waals surface area contributed by atoms with Crippen LogP contribution in [0, 0.1) is 6.92 Å². The van der Waals surface area contributed by atoms with E-state index in [9.17, 15) is 9.59 Å². The number of rotatable bonds is 5.